The molecule has 0 spiro atoms. The van der Waals surface area contributed by atoms with Crippen LogP contribution >= 0.6 is 0 Å². The van der Waals surface area contributed by atoms with Gasteiger partial charge < -0.3 is 39.4 Å². The van der Waals surface area contributed by atoms with Gasteiger partial charge in [0.1, 0.15) is 31.0 Å². The average Bonchev–Trinajstić information content (AvgIpc) is 2.89. The molecule has 1 saturated heterocycles. The van der Waals surface area contributed by atoms with Crippen LogP contribution in [0.25, 0.3) is 0 Å². The smallest absolute Gasteiger partial charge is 0.306 e. The van der Waals surface area contributed by atoms with Gasteiger partial charge in [0.2, 0.25) is 0 Å². The van der Waals surface area contributed by atoms with Gasteiger partial charge in [-0.1, -0.05) is 78.1 Å². The summed E-state index contributed by atoms with van der Waals surface area (Å²) in [5.41, 5.74) is 0. The van der Waals surface area contributed by atoms with Gasteiger partial charge in [0.05, 0.1) is 13.2 Å². The highest BCUT2D eigenvalue weighted by atomic mass is 16.7. The van der Waals surface area contributed by atoms with Gasteiger partial charge in [-0.2, -0.15) is 0 Å². The number of carbonyl (C=O) groups is 2. The topological polar surface area (TPSA) is 152 Å². The van der Waals surface area contributed by atoms with Crippen molar-refractivity contribution in [3.63, 3.8) is 0 Å². The first-order valence-corrected chi connectivity index (χ1v) is 14.1. The van der Waals surface area contributed by atoms with Crippen molar-refractivity contribution in [2.75, 3.05) is 19.8 Å². The molecule has 1 rings (SSSR count). The molecule has 1 aliphatic rings. The van der Waals surface area contributed by atoms with Gasteiger partial charge in [-0.25, -0.2) is 0 Å². The molecule has 10 nitrogen and oxygen atoms in total. The van der Waals surface area contributed by atoms with Crippen LogP contribution < -0.4 is 0 Å². The third-order valence-corrected chi connectivity index (χ3v) is 6.49. The summed E-state index contributed by atoms with van der Waals surface area (Å²) in [6, 6.07) is 0. The van der Waals surface area contributed by atoms with Crippen LogP contribution in [0.4, 0.5) is 0 Å². The molecule has 0 radical (unpaired) electrons. The number of hydrogen-bond donors (Lipinski definition) is 4. The number of esters is 2. The maximum Gasteiger partial charge on any atom is 0.306 e. The predicted octanol–water partition coefficient (Wildman–Crippen LogP) is 2.76. The standard InChI is InChI=1S/C27H50O10/c1-3-5-7-9-10-11-12-14-16-23(30)36-20(18-34-22(29)15-13-8-6-4-2)19-35-27-26(33)25(32)24(31)21(17-28)37-27/h20-21,24-28,31-33H,3-19H2,1-2H3/t20-,21-,24+,25+,26-,27-/m1/s1. The molecule has 0 bridgehead atoms. The first kappa shape index (κ1) is 33.7. The Balaban J connectivity index is 2.53. The monoisotopic (exact) mass is 534 g/mol. The Kier molecular flexibility index (Phi) is 18.8. The van der Waals surface area contributed by atoms with Crippen molar-refractivity contribution in [2.24, 2.45) is 0 Å². The van der Waals surface area contributed by atoms with E-state index in [2.05, 4.69) is 13.8 Å². The van der Waals surface area contributed by atoms with Crippen molar-refractivity contribution in [3.8, 4) is 0 Å². The molecule has 0 aliphatic carbocycles. The molecule has 4 N–H and O–H groups in total. The molecule has 1 fully saturated rings. The average molecular weight is 535 g/mol. The first-order valence-electron chi connectivity index (χ1n) is 14.1. The molecule has 0 amide bonds. The van der Waals surface area contributed by atoms with Gasteiger partial charge >= 0.3 is 11.9 Å². The van der Waals surface area contributed by atoms with E-state index in [4.69, 9.17) is 18.9 Å². The minimum atomic E-state index is -1.58. The molecule has 1 heterocycles. The lowest BCUT2D eigenvalue weighted by Gasteiger charge is -2.39. The van der Waals surface area contributed by atoms with Crippen LogP contribution in [0.15, 0.2) is 0 Å². The van der Waals surface area contributed by atoms with Gasteiger partial charge in [-0.05, 0) is 12.8 Å². The molecule has 0 unspecified atom stereocenters. The lowest BCUT2D eigenvalue weighted by Crippen LogP contribution is -2.59. The molecular formula is C27H50O10. The summed E-state index contributed by atoms with van der Waals surface area (Å²) in [4.78, 5) is 24.5. The van der Waals surface area contributed by atoms with Gasteiger partial charge in [-0.3, -0.25) is 9.59 Å². The van der Waals surface area contributed by atoms with Gasteiger partial charge in [0, 0.05) is 12.8 Å². The molecule has 0 saturated carbocycles. The highest BCUT2D eigenvalue weighted by molar-refractivity contribution is 5.70. The summed E-state index contributed by atoms with van der Waals surface area (Å²) in [6.45, 7) is 3.20. The van der Waals surface area contributed by atoms with Crippen LogP contribution in [0.5, 0.6) is 0 Å². The summed E-state index contributed by atoms with van der Waals surface area (Å²) < 4.78 is 21.6. The summed E-state index contributed by atoms with van der Waals surface area (Å²) in [6.07, 6.45) is 4.92. The van der Waals surface area contributed by atoms with Crippen molar-refractivity contribution in [1.82, 2.24) is 0 Å². The van der Waals surface area contributed by atoms with Crippen molar-refractivity contribution in [2.45, 2.75) is 141 Å². The van der Waals surface area contributed by atoms with E-state index in [0.29, 0.717) is 6.42 Å². The van der Waals surface area contributed by atoms with E-state index in [9.17, 15) is 30.0 Å². The van der Waals surface area contributed by atoms with Gasteiger partial charge in [-0.15, -0.1) is 0 Å². The van der Waals surface area contributed by atoms with E-state index in [-0.39, 0.29) is 26.1 Å². The molecule has 6 atom stereocenters. The Labute approximate surface area is 221 Å². The van der Waals surface area contributed by atoms with Crippen LogP contribution in [0.1, 0.15) is 104 Å². The Bertz CT molecular complexity index is 600. The van der Waals surface area contributed by atoms with Crippen LogP contribution in [-0.4, -0.2) is 89.0 Å². The summed E-state index contributed by atoms with van der Waals surface area (Å²) in [5, 5.41) is 39.4. The largest absolute Gasteiger partial charge is 0.462 e. The molecule has 218 valence electrons. The normalized spacial score (nSPS) is 24.5. The molecule has 1 aliphatic heterocycles. The summed E-state index contributed by atoms with van der Waals surface area (Å²) >= 11 is 0. The Morgan fingerprint density at radius 1 is 0.730 bits per heavy atom. The number of hydrogen-bond acceptors (Lipinski definition) is 10. The lowest BCUT2D eigenvalue weighted by atomic mass is 9.99. The Morgan fingerprint density at radius 2 is 1.27 bits per heavy atom. The highest BCUT2D eigenvalue weighted by Gasteiger charge is 2.44. The number of rotatable bonds is 21. The summed E-state index contributed by atoms with van der Waals surface area (Å²) in [5.74, 6) is -0.833. The number of ether oxygens (including phenoxy) is 4. The zero-order valence-corrected chi connectivity index (χ0v) is 22.7. The van der Waals surface area contributed by atoms with E-state index in [1.165, 1.54) is 25.7 Å². The fourth-order valence-corrected chi connectivity index (χ4v) is 4.13. The van der Waals surface area contributed by atoms with Crippen LogP contribution in [-0.2, 0) is 28.5 Å². The molecule has 37 heavy (non-hydrogen) atoms. The second-order valence-electron chi connectivity index (χ2n) is 9.86. The van der Waals surface area contributed by atoms with Crippen molar-refractivity contribution in [1.29, 1.82) is 0 Å². The number of aliphatic hydroxyl groups excluding tert-OH is 4. The fourth-order valence-electron chi connectivity index (χ4n) is 4.13. The SMILES string of the molecule is CCCCCCCCCCC(=O)O[C@H](COC(=O)CCCCCC)CO[C@@H]1O[C@H](CO)[C@H](O)[C@H](O)[C@H]1O. The Hall–Kier alpha value is -1.30. The van der Waals surface area contributed by atoms with Crippen molar-refractivity contribution >= 4 is 11.9 Å². The quantitative estimate of drug-likeness (QED) is 0.128. The van der Waals surface area contributed by atoms with E-state index in [1.54, 1.807) is 0 Å². The first-order chi connectivity index (χ1) is 17.8. The lowest BCUT2D eigenvalue weighted by molar-refractivity contribution is -0.305. The second-order valence-corrected chi connectivity index (χ2v) is 9.86. The van der Waals surface area contributed by atoms with E-state index in [1.807, 2.05) is 0 Å². The molecule has 0 aromatic heterocycles. The number of carbonyl (C=O) groups excluding carboxylic acids is 2. The minimum absolute atomic E-state index is 0.215. The van der Waals surface area contributed by atoms with E-state index in [0.717, 1.165) is 44.9 Å². The summed E-state index contributed by atoms with van der Waals surface area (Å²) in [7, 11) is 0. The number of unbranched alkanes of at least 4 members (excludes halogenated alkanes) is 10. The van der Waals surface area contributed by atoms with E-state index < -0.39 is 55.4 Å². The zero-order chi connectivity index (χ0) is 27.5. The Morgan fingerprint density at radius 3 is 1.86 bits per heavy atom. The minimum Gasteiger partial charge on any atom is -0.462 e. The fraction of sp³-hybridized carbons (Fsp3) is 0.926. The second kappa shape index (κ2) is 20.6. The van der Waals surface area contributed by atoms with Gasteiger partial charge in [0.15, 0.2) is 12.4 Å². The third-order valence-electron chi connectivity index (χ3n) is 6.49. The molecule has 0 aromatic carbocycles. The maximum absolute atomic E-state index is 12.4. The third kappa shape index (κ3) is 14.4. The van der Waals surface area contributed by atoms with Crippen LogP contribution in [0.2, 0.25) is 0 Å². The van der Waals surface area contributed by atoms with Gasteiger partial charge in [0.25, 0.3) is 0 Å². The predicted molar refractivity (Wildman–Crippen MR) is 137 cm³/mol. The zero-order valence-electron chi connectivity index (χ0n) is 22.7. The van der Waals surface area contributed by atoms with Crippen molar-refractivity contribution < 1.29 is 49.0 Å². The molecular weight excluding hydrogens is 484 g/mol. The van der Waals surface area contributed by atoms with E-state index >= 15 is 0 Å². The number of aliphatic hydroxyl groups is 4. The highest BCUT2D eigenvalue weighted by Crippen LogP contribution is 2.22. The van der Waals surface area contributed by atoms with Crippen LogP contribution in [0.3, 0.4) is 0 Å². The maximum atomic E-state index is 12.4. The molecule has 10 heteroatoms. The molecule has 0 aromatic rings. The van der Waals surface area contributed by atoms with Crippen LogP contribution in [0, 0.1) is 0 Å². The van der Waals surface area contributed by atoms with Crippen molar-refractivity contribution in [3.05, 3.63) is 0 Å².